The van der Waals surface area contributed by atoms with E-state index in [4.69, 9.17) is 4.98 Å². The van der Waals surface area contributed by atoms with Crippen LogP contribution in [0.4, 0.5) is 5.00 Å². The Morgan fingerprint density at radius 3 is 2.89 bits per heavy atom. The second-order valence-corrected chi connectivity index (χ2v) is 12.7. The molecule has 1 aliphatic rings. The van der Waals surface area contributed by atoms with E-state index in [0.717, 1.165) is 41.7 Å². The Kier molecular flexibility index (Phi) is 7.12. The fourth-order valence-corrected chi connectivity index (χ4v) is 8.19. The summed E-state index contributed by atoms with van der Waals surface area (Å²) in [6.45, 7) is 4.66. The molecule has 0 aliphatic heterocycles. The molecule has 1 amide bonds. The predicted octanol–water partition coefficient (Wildman–Crippen LogP) is 6.39. The van der Waals surface area contributed by atoms with Gasteiger partial charge in [0.15, 0.2) is 5.16 Å². The number of carbonyl (C=O) groups is 1. The maximum atomic E-state index is 13.6. The maximum Gasteiger partial charge on any atom is 0.263 e. The molecule has 0 aromatic carbocycles. The fourth-order valence-electron chi connectivity index (χ4n) is 4.32. The highest BCUT2D eigenvalue weighted by molar-refractivity contribution is 7.99. The molecule has 1 N–H and O–H groups in total. The standard InChI is InChI=1S/C25H24N4O2S4/c1-14(2)11-29-24(31)21-17(18-8-5-9-32-18)12-33-23(21)28-25(29)34-13-20(30)27-22-16(10-26)15-6-3-4-7-19(15)35-22/h5,8-9,12,14H,3-4,6-7,11,13H2,1-2H3,(H,27,30). The highest BCUT2D eigenvalue weighted by atomic mass is 32.2. The molecule has 1 aliphatic carbocycles. The lowest BCUT2D eigenvalue weighted by Gasteiger charge is -2.14. The van der Waals surface area contributed by atoms with Gasteiger partial charge in [-0.2, -0.15) is 5.26 Å². The van der Waals surface area contributed by atoms with Crippen molar-refractivity contribution >= 4 is 66.9 Å². The van der Waals surface area contributed by atoms with Crippen LogP contribution < -0.4 is 10.9 Å². The van der Waals surface area contributed by atoms with Crippen molar-refractivity contribution in [1.29, 1.82) is 5.26 Å². The van der Waals surface area contributed by atoms with E-state index in [1.54, 1.807) is 15.9 Å². The number of amides is 1. The number of hydrogen-bond acceptors (Lipinski definition) is 8. The van der Waals surface area contributed by atoms with Gasteiger partial charge in [-0.15, -0.1) is 34.0 Å². The summed E-state index contributed by atoms with van der Waals surface area (Å²) < 4.78 is 1.71. The van der Waals surface area contributed by atoms with Gasteiger partial charge in [0.2, 0.25) is 5.91 Å². The van der Waals surface area contributed by atoms with Crippen LogP contribution in [0.15, 0.2) is 32.8 Å². The minimum atomic E-state index is -0.194. The van der Waals surface area contributed by atoms with E-state index in [2.05, 4.69) is 25.2 Å². The molecular formula is C25H24N4O2S4. The number of aromatic nitrogens is 2. The van der Waals surface area contributed by atoms with E-state index < -0.39 is 0 Å². The number of hydrogen-bond donors (Lipinski definition) is 1. The summed E-state index contributed by atoms with van der Waals surface area (Å²) >= 11 is 5.86. The number of nitrogens with zero attached hydrogens (tertiary/aromatic N) is 3. The first-order valence-electron chi connectivity index (χ1n) is 11.5. The van der Waals surface area contributed by atoms with Crippen molar-refractivity contribution in [3.8, 4) is 16.5 Å². The van der Waals surface area contributed by atoms with Crippen LogP contribution in [0, 0.1) is 17.2 Å². The van der Waals surface area contributed by atoms with Gasteiger partial charge in [0, 0.05) is 27.2 Å². The Balaban J connectivity index is 1.41. The van der Waals surface area contributed by atoms with Crippen molar-refractivity contribution in [2.45, 2.75) is 51.2 Å². The van der Waals surface area contributed by atoms with Crippen LogP contribution >= 0.6 is 45.8 Å². The van der Waals surface area contributed by atoms with E-state index in [9.17, 15) is 14.9 Å². The Morgan fingerprint density at radius 2 is 2.14 bits per heavy atom. The number of carbonyl (C=O) groups excluding carboxylic acids is 1. The molecule has 0 bridgehead atoms. The molecule has 10 heteroatoms. The van der Waals surface area contributed by atoms with E-state index in [-0.39, 0.29) is 23.1 Å². The Labute approximate surface area is 219 Å². The van der Waals surface area contributed by atoms with Crippen molar-refractivity contribution in [2.24, 2.45) is 5.92 Å². The van der Waals surface area contributed by atoms with E-state index in [1.807, 2.05) is 22.9 Å². The average Bonchev–Trinajstić information content (AvgIpc) is 3.57. The van der Waals surface area contributed by atoms with Gasteiger partial charge in [-0.1, -0.05) is 31.7 Å². The molecule has 0 saturated heterocycles. The Bertz CT molecular complexity index is 1490. The molecule has 0 unspecified atom stereocenters. The van der Waals surface area contributed by atoms with Gasteiger partial charge < -0.3 is 5.32 Å². The summed E-state index contributed by atoms with van der Waals surface area (Å²) in [5.41, 5.74) is 2.58. The molecule has 4 aromatic heterocycles. The van der Waals surface area contributed by atoms with Crippen molar-refractivity contribution in [3.63, 3.8) is 0 Å². The number of thiophene rings is 3. The Morgan fingerprint density at radius 1 is 1.31 bits per heavy atom. The molecule has 6 nitrogen and oxygen atoms in total. The number of aryl methyl sites for hydroxylation is 1. The number of nitriles is 1. The highest BCUT2D eigenvalue weighted by Gasteiger charge is 2.23. The summed E-state index contributed by atoms with van der Waals surface area (Å²) in [5, 5.41) is 18.5. The lowest BCUT2D eigenvalue weighted by atomic mass is 9.96. The first kappa shape index (κ1) is 24.3. The molecule has 0 atom stereocenters. The summed E-state index contributed by atoms with van der Waals surface area (Å²) in [5.74, 6) is 0.174. The minimum Gasteiger partial charge on any atom is -0.316 e. The summed E-state index contributed by atoms with van der Waals surface area (Å²) in [6.07, 6.45) is 4.08. The number of anilines is 1. The van der Waals surface area contributed by atoms with Crippen molar-refractivity contribution in [2.75, 3.05) is 11.1 Å². The molecule has 35 heavy (non-hydrogen) atoms. The van der Waals surface area contributed by atoms with Gasteiger partial charge in [-0.3, -0.25) is 14.2 Å². The molecular weight excluding hydrogens is 517 g/mol. The van der Waals surface area contributed by atoms with Crippen LogP contribution in [0.1, 0.15) is 42.7 Å². The van der Waals surface area contributed by atoms with Gasteiger partial charge in [-0.05, 0) is 48.6 Å². The number of rotatable bonds is 7. The van der Waals surface area contributed by atoms with Gasteiger partial charge in [0.05, 0.1) is 16.7 Å². The van der Waals surface area contributed by atoms with Crippen molar-refractivity contribution in [3.05, 3.63) is 49.3 Å². The van der Waals surface area contributed by atoms with Crippen LogP contribution in [0.5, 0.6) is 0 Å². The topological polar surface area (TPSA) is 87.8 Å². The highest BCUT2D eigenvalue weighted by Crippen LogP contribution is 2.38. The third kappa shape index (κ3) is 4.83. The molecule has 0 fully saturated rings. The third-order valence-electron chi connectivity index (χ3n) is 5.86. The average molecular weight is 541 g/mol. The zero-order valence-corrected chi connectivity index (χ0v) is 22.7. The number of nitrogens with one attached hydrogen (secondary N) is 1. The molecule has 0 saturated carbocycles. The Hall–Kier alpha value is -2.45. The summed E-state index contributed by atoms with van der Waals surface area (Å²) in [7, 11) is 0. The maximum absolute atomic E-state index is 13.6. The molecule has 180 valence electrons. The van der Waals surface area contributed by atoms with E-state index in [0.29, 0.717) is 32.5 Å². The molecule has 4 aromatic rings. The van der Waals surface area contributed by atoms with Crippen LogP contribution in [0.2, 0.25) is 0 Å². The quantitative estimate of drug-likeness (QED) is 0.217. The summed E-state index contributed by atoms with van der Waals surface area (Å²) in [4.78, 5) is 34.2. The normalized spacial score (nSPS) is 13.2. The molecule has 5 rings (SSSR count). The van der Waals surface area contributed by atoms with Crippen LogP contribution in [0.25, 0.3) is 20.7 Å². The van der Waals surface area contributed by atoms with Crippen LogP contribution in [-0.4, -0.2) is 21.2 Å². The zero-order chi connectivity index (χ0) is 24.5. The number of thioether (sulfide) groups is 1. The van der Waals surface area contributed by atoms with Crippen molar-refractivity contribution < 1.29 is 4.79 Å². The van der Waals surface area contributed by atoms with Crippen LogP contribution in [-0.2, 0) is 24.2 Å². The first-order chi connectivity index (χ1) is 17.0. The minimum absolute atomic E-state index is 0.0612. The van der Waals surface area contributed by atoms with Gasteiger partial charge >= 0.3 is 0 Å². The van der Waals surface area contributed by atoms with E-state index in [1.165, 1.54) is 39.3 Å². The molecule has 4 heterocycles. The SMILES string of the molecule is CC(C)Cn1c(SCC(=O)Nc2sc3c(c2C#N)CCCC3)nc2scc(-c3cccs3)c2c1=O. The second-order valence-electron chi connectivity index (χ2n) is 8.87. The number of fused-ring (bicyclic) bond motifs is 2. The predicted molar refractivity (Wildman–Crippen MR) is 147 cm³/mol. The van der Waals surface area contributed by atoms with Crippen molar-refractivity contribution in [1.82, 2.24) is 9.55 Å². The van der Waals surface area contributed by atoms with Gasteiger partial charge in [0.25, 0.3) is 5.56 Å². The third-order valence-corrected chi connectivity index (χ3v) is 9.82. The van der Waals surface area contributed by atoms with Crippen LogP contribution in [0.3, 0.4) is 0 Å². The molecule has 0 spiro atoms. The monoisotopic (exact) mass is 540 g/mol. The largest absolute Gasteiger partial charge is 0.316 e. The fraction of sp³-hybridized carbons (Fsp3) is 0.360. The lowest BCUT2D eigenvalue weighted by molar-refractivity contribution is -0.113. The van der Waals surface area contributed by atoms with Gasteiger partial charge in [0.1, 0.15) is 15.9 Å². The molecule has 0 radical (unpaired) electrons. The zero-order valence-electron chi connectivity index (χ0n) is 19.4. The summed E-state index contributed by atoms with van der Waals surface area (Å²) in [6, 6.07) is 6.29. The lowest BCUT2D eigenvalue weighted by Crippen LogP contribution is -2.26. The smallest absolute Gasteiger partial charge is 0.263 e. The van der Waals surface area contributed by atoms with E-state index >= 15 is 0 Å². The van der Waals surface area contributed by atoms with Gasteiger partial charge in [-0.25, -0.2) is 4.98 Å². The second kappa shape index (κ2) is 10.3. The first-order valence-corrected chi connectivity index (χ1v) is 15.1.